The predicted molar refractivity (Wildman–Crippen MR) is 60.1 cm³/mol. The summed E-state index contributed by atoms with van der Waals surface area (Å²) in [5, 5.41) is 4.91. The van der Waals surface area contributed by atoms with Gasteiger partial charge in [-0.2, -0.15) is 5.10 Å². The maximum atomic E-state index is 5.82. The van der Waals surface area contributed by atoms with Gasteiger partial charge in [0.2, 0.25) is 0 Å². The van der Waals surface area contributed by atoms with Gasteiger partial charge in [-0.15, -0.1) is 0 Å². The first-order valence-electron chi connectivity index (χ1n) is 4.76. The first-order valence-corrected chi connectivity index (χ1v) is 5.14. The molecular formula is C11H12ClN3. The number of hydrogen-bond acceptors (Lipinski definition) is 2. The zero-order valence-corrected chi connectivity index (χ0v) is 9.49. The molecule has 0 saturated carbocycles. The molecule has 0 aliphatic heterocycles. The number of rotatable bonds is 2. The van der Waals surface area contributed by atoms with E-state index in [0.717, 1.165) is 23.5 Å². The largest absolute Gasteiger partial charge is 0.265 e. The van der Waals surface area contributed by atoms with Crippen molar-refractivity contribution in [2.45, 2.75) is 20.4 Å². The van der Waals surface area contributed by atoms with Crippen molar-refractivity contribution in [3.63, 3.8) is 0 Å². The standard InChI is InChI=1S/C11H12ClN3/c1-8-5-9(2)15(14-8)7-10-3-4-13-11(12)6-10/h3-6H,7H2,1-2H3. The van der Waals surface area contributed by atoms with Crippen molar-refractivity contribution in [3.05, 3.63) is 46.5 Å². The van der Waals surface area contributed by atoms with Crippen LogP contribution in [-0.2, 0) is 6.54 Å². The van der Waals surface area contributed by atoms with Crippen molar-refractivity contribution in [2.75, 3.05) is 0 Å². The second-order valence-corrected chi connectivity index (χ2v) is 3.96. The number of aryl methyl sites for hydroxylation is 2. The molecule has 15 heavy (non-hydrogen) atoms. The highest BCUT2D eigenvalue weighted by atomic mass is 35.5. The Bertz CT molecular complexity index is 476. The topological polar surface area (TPSA) is 30.7 Å². The third-order valence-corrected chi connectivity index (χ3v) is 2.43. The Morgan fingerprint density at radius 1 is 1.33 bits per heavy atom. The Labute approximate surface area is 93.7 Å². The first-order chi connectivity index (χ1) is 7.15. The molecule has 0 radical (unpaired) electrons. The fourth-order valence-electron chi connectivity index (χ4n) is 1.55. The molecule has 4 heteroatoms. The molecule has 78 valence electrons. The maximum Gasteiger partial charge on any atom is 0.129 e. The van der Waals surface area contributed by atoms with Crippen molar-refractivity contribution in [3.8, 4) is 0 Å². The van der Waals surface area contributed by atoms with E-state index in [1.54, 1.807) is 6.20 Å². The Hall–Kier alpha value is -1.35. The molecule has 0 unspecified atom stereocenters. The molecule has 0 saturated heterocycles. The summed E-state index contributed by atoms with van der Waals surface area (Å²) in [6, 6.07) is 5.86. The highest BCUT2D eigenvalue weighted by Gasteiger charge is 2.02. The molecule has 2 rings (SSSR count). The van der Waals surface area contributed by atoms with Gasteiger partial charge in [-0.25, -0.2) is 4.98 Å². The molecule has 0 N–H and O–H groups in total. The van der Waals surface area contributed by atoms with Gasteiger partial charge in [-0.1, -0.05) is 11.6 Å². The van der Waals surface area contributed by atoms with Gasteiger partial charge < -0.3 is 0 Å². The van der Waals surface area contributed by atoms with Crippen molar-refractivity contribution in [1.29, 1.82) is 0 Å². The van der Waals surface area contributed by atoms with Gasteiger partial charge in [0.25, 0.3) is 0 Å². The third kappa shape index (κ3) is 2.36. The molecule has 0 bridgehead atoms. The van der Waals surface area contributed by atoms with Crippen LogP contribution in [-0.4, -0.2) is 14.8 Å². The highest BCUT2D eigenvalue weighted by Crippen LogP contribution is 2.10. The van der Waals surface area contributed by atoms with Gasteiger partial charge >= 0.3 is 0 Å². The average molecular weight is 222 g/mol. The summed E-state index contributed by atoms with van der Waals surface area (Å²) in [7, 11) is 0. The molecular weight excluding hydrogens is 210 g/mol. The third-order valence-electron chi connectivity index (χ3n) is 2.23. The Kier molecular flexibility index (Phi) is 2.73. The van der Waals surface area contributed by atoms with E-state index in [4.69, 9.17) is 11.6 Å². The highest BCUT2D eigenvalue weighted by molar-refractivity contribution is 6.29. The van der Waals surface area contributed by atoms with Gasteiger partial charge in [0, 0.05) is 11.9 Å². The van der Waals surface area contributed by atoms with E-state index in [0.29, 0.717) is 5.15 Å². The van der Waals surface area contributed by atoms with Crippen molar-refractivity contribution in [1.82, 2.24) is 14.8 Å². The van der Waals surface area contributed by atoms with Crippen LogP contribution in [0.5, 0.6) is 0 Å². The zero-order valence-electron chi connectivity index (χ0n) is 8.74. The lowest BCUT2D eigenvalue weighted by atomic mass is 10.3. The van der Waals surface area contributed by atoms with Gasteiger partial charge in [0.15, 0.2) is 0 Å². The lowest BCUT2D eigenvalue weighted by Gasteiger charge is -2.04. The lowest BCUT2D eigenvalue weighted by Crippen LogP contribution is -2.03. The molecule has 0 amide bonds. The van der Waals surface area contributed by atoms with E-state index < -0.39 is 0 Å². The second kappa shape index (κ2) is 4.03. The monoisotopic (exact) mass is 221 g/mol. The summed E-state index contributed by atoms with van der Waals surface area (Å²) >= 11 is 5.82. The minimum atomic E-state index is 0.522. The number of pyridine rings is 1. The van der Waals surface area contributed by atoms with Crippen molar-refractivity contribution >= 4 is 11.6 Å². The predicted octanol–water partition coefficient (Wildman–Crippen LogP) is 2.60. The molecule has 0 atom stereocenters. The number of nitrogens with zero attached hydrogens (tertiary/aromatic N) is 3. The van der Waals surface area contributed by atoms with E-state index in [1.165, 1.54) is 0 Å². The molecule has 0 aliphatic carbocycles. The van der Waals surface area contributed by atoms with Crippen molar-refractivity contribution in [2.24, 2.45) is 0 Å². The van der Waals surface area contributed by atoms with Crippen LogP contribution in [0.3, 0.4) is 0 Å². The van der Waals surface area contributed by atoms with Crippen LogP contribution in [0.15, 0.2) is 24.4 Å². The minimum Gasteiger partial charge on any atom is -0.265 e. The van der Waals surface area contributed by atoms with Crippen LogP contribution >= 0.6 is 11.6 Å². The molecule has 0 fully saturated rings. The summed E-state index contributed by atoms with van der Waals surface area (Å²) in [6.07, 6.45) is 1.71. The van der Waals surface area contributed by atoms with Gasteiger partial charge in [-0.3, -0.25) is 4.68 Å². The van der Waals surface area contributed by atoms with Crippen LogP contribution in [0, 0.1) is 13.8 Å². The van der Waals surface area contributed by atoms with Gasteiger partial charge in [-0.05, 0) is 37.6 Å². The lowest BCUT2D eigenvalue weighted by molar-refractivity contribution is 0.658. The van der Waals surface area contributed by atoms with E-state index >= 15 is 0 Å². The smallest absolute Gasteiger partial charge is 0.129 e. The zero-order chi connectivity index (χ0) is 10.8. The number of hydrogen-bond donors (Lipinski definition) is 0. The Balaban J connectivity index is 2.25. The van der Waals surface area contributed by atoms with E-state index in [-0.39, 0.29) is 0 Å². The van der Waals surface area contributed by atoms with Gasteiger partial charge in [0.05, 0.1) is 12.2 Å². The van der Waals surface area contributed by atoms with E-state index in [1.807, 2.05) is 30.7 Å². The summed E-state index contributed by atoms with van der Waals surface area (Å²) in [6.45, 7) is 4.77. The summed E-state index contributed by atoms with van der Waals surface area (Å²) < 4.78 is 1.96. The quantitative estimate of drug-likeness (QED) is 0.730. The number of halogens is 1. The molecule has 0 aliphatic rings. The van der Waals surface area contributed by atoms with Crippen LogP contribution in [0.1, 0.15) is 17.0 Å². The Morgan fingerprint density at radius 2 is 2.13 bits per heavy atom. The van der Waals surface area contributed by atoms with Crippen LogP contribution in [0.4, 0.5) is 0 Å². The summed E-state index contributed by atoms with van der Waals surface area (Å²) in [5.41, 5.74) is 3.30. The minimum absolute atomic E-state index is 0.522. The average Bonchev–Trinajstić information content (AvgIpc) is 2.45. The SMILES string of the molecule is Cc1cc(C)n(Cc2ccnc(Cl)c2)n1. The van der Waals surface area contributed by atoms with Gasteiger partial charge in [0.1, 0.15) is 5.15 Å². The van der Waals surface area contributed by atoms with Crippen molar-refractivity contribution < 1.29 is 0 Å². The maximum absolute atomic E-state index is 5.82. The molecule has 0 aromatic carbocycles. The van der Waals surface area contributed by atoms with E-state index in [9.17, 15) is 0 Å². The fourth-order valence-corrected chi connectivity index (χ4v) is 1.75. The molecule has 2 aromatic rings. The molecule has 0 spiro atoms. The molecule has 2 heterocycles. The Morgan fingerprint density at radius 3 is 2.73 bits per heavy atom. The summed E-state index contributed by atoms with van der Waals surface area (Å²) in [4.78, 5) is 3.94. The normalized spacial score (nSPS) is 10.6. The number of aromatic nitrogens is 3. The molecule has 3 nitrogen and oxygen atoms in total. The van der Waals surface area contributed by atoms with E-state index in [2.05, 4.69) is 16.1 Å². The fraction of sp³-hybridized carbons (Fsp3) is 0.273. The van der Waals surface area contributed by atoms with Crippen LogP contribution in [0.25, 0.3) is 0 Å². The second-order valence-electron chi connectivity index (χ2n) is 3.57. The molecule has 2 aromatic heterocycles. The summed E-state index contributed by atoms with van der Waals surface area (Å²) in [5.74, 6) is 0. The van der Waals surface area contributed by atoms with Crippen LogP contribution < -0.4 is 0 Å². The van der Waals surface area contributed by atoms with Crippen LogP contribution in [0.2, 0.25) is 5.15 Å². The first kappa shape index (κ1) is 10.2.